The van der Waals surface area contributed by atoms with E-state index in [1.165, 1.54) is 96.3 Å². The van der Waals surface area contributed by atoms with Crippen LogP contribution in [0.1, 0.15) is 181 Å². The highest BCUT2D eigenvalue weighted by Crippen LogP contribution is 2.38. The Bertz CT molecular complexity index is 876. The monoisotopic (exact) mass is 732 g/mol. The minimum Gasteiger partial charge on any atom is -0.756 e. The van der Waals surface area contributed by atoms with Crippen LogP contribution in [0.5, 0.6) is 0 Å². The van der Waals surface area contributed by atoms with E-state index in [1.807, 2.05) is 21.1 Å². The average molecular weight is 732 g/mol. The van der Waals surface area contributed by atoms with Crippen molar-refractivity contribution in [1.29, 1.82) is 0 Å². The Morgan fingerprint density at radius 3 is 1.48 bits per heavy atom. The van der Waals surface area contributed by atoms with Crippen LogP contribution in [0.15, 0.2) is 12.2 Å². The zero-order valence-corrected chi connectivity index (χ0v) is 34.0. The van der Waals surface area contributed by atoms with Crippen LogP contribution in [0.25, 0.3) is 0 Å². The first kappa shape index (κ1) is 48.8. The minimum absolute atomic E-state index is 0.0296. The Morgan fingerprint density at radius 2 is 1.02 bits per heavy atom. The Labute approximate surface area is 307 Å². The SMILES string of the molecule is CCCCCCC/C=C\CCCCCCCC(=O)O[C@H](COC(=O)CCCCCCCCCCCCCC)COP(=O)([O-])OCC[N+](C)(C)C. The third kappa shape index (κ3) is 36.5. The quantitative estimate of drug-likeness (QED) is 0.0204. The molecule has 0 spiro atoms. The molecule has 0 aromatic heterocycles. The smallest absolute Gasteiger partial charge is 0.306 e. The van der Waals surface area contributed by atoms with E-state index in [2.05, 4.69) is 26.0 Å². The molecule has 0 rings (SSSR count). The number of nitrogens with zero attached hydrogens (tertiary/aromatic N) is 1. The molecule has 1 unspecified atom stereocenters. The van der Waals surface area contributed by atoms with Crippen molar-refractivity contribution in [3.63, 3.8) is 0 Å². The number of hydrogen-bond acceptors (Lipinski definition) is 8. The van der Waals surface area contributed by atoms with Gasteiger partial charge in [-0.15, -0.1) is 0 Å². The van der Waals surface area contributed by atoms with Crippen LogP contribution >= 0.6 is 7.82 Å². The van der Waals surface area contributed by atoms with Crippen LogP contribution in [0.2, 0.25) is 0 Å². The summed E-state index contributed by atoms with van der Waals surface area (Å²) in [5.41, 5.74) is 0. The summed E-state index contributed by atoms with van der Waals surface area (Å²) in [6.45, 7) is 4.20. The second-order valence-electron chi connectivity index (χ2n) is 15.0. The Balaban J connectivity index is 4.41. The van der Waals surface area contributed by atoms with Crippen molar-refractivity contribution in [2.45, 2.75) is 187 Å². The zero-order valence-electron chi connectivity index (χ0n) is 33.1. The van der Waals surface area contributed by atoms with Gasteiger partial charge in [0.25, 0.3) is 7.82 Å². The molecule has 0 aromatic carbocycles. The first-order valence-electron chi connectivity index (χ1n) is 20.4. The van der Waals surface area contributed by atoms with Gasteiger partial charge in [-0.05, 0) is 38.5 Å². The highest BCUT2D eigenvalue weighted by Gasteiger charge is 2.21. The first-order chi connectivity index (χ1) is 24.0. The summed E-state index contributed by atoms with van der Waals surface area (Å²) in [6, 6.07) is 0. The number of ether oxygens (including phenoxy) is 2. The molecule has 0 radical (unpaired) electrons. The van der Waals surface area contributed by atoms with Gasteiger partial charge in [0.2, 0.25) is 0 Å². The predicted octanol–water partition coefficient (Wildman–Crippen LogP) is 10.4. The third-order valence-electron chi connectivity index (χ3n) is 8.79. The molecule has 9 nitrogen and oxygen atoms in total. The zero-order chi connectivity index (χ0) is 37.2. The van der Waals surface area contributed by atoms with E-state index in [0.717, 1.165) is 51.4 Å². The van der Waals surface area contributed by atoms with Crippen molar-refractivity contribution in [3.05, 3.63) is 12.2 Å². The Kier molecular flexibility index (Phi) is 32.7. The molecule has 0 aliphatic heterocycles. The van der Waals surface area contributed by atoms with E-state index in [-0.39, 0.29) is 32.0 Å². The third-order valence-corrected chi connectivity index (χ3v) is 9.75. The highest BCUT2D eigenvalue weighted by molar-refractivity contribution is 7.45. The molecule has 0 saturated carbocycles. The first-order valence-corrected chi connectivity index (χ1v) is 21.9. The number of likely N-dealkylation sites (N-methyl/N-ethyl adjacent to an activating group) is 1. The molecule has 10 heteroatoms. The average Bonchev–Trinajstić information content (AvgIpc) is 3.06. The molecule has 0 aromatic rings. The van der Waals surface area contributed by atoms with E-state index >= 15 is 0 Å². The lowest BCUT2D eigenvalue weighted by atomic mass is 10.0. The van der Waals surface area contributed by atoms with Crippen LogP contribution in [0.3, 0.4) is 0 Å². The molecular formula is C40H78NO8P. The lowest BCUT2D eigenvalue weighted by Gasteiger charge is -2.28. The number of quaternary nitrogens is 1. The number of phosphoric acid groups is 1. The van der Waals surface area contributed by atoms with Gasteiger partial charge in [-0.3, -0.25) is 14.2 Å². The molecular weight excluding hydrogens is 653 g/mol. The van der Waals surface area contributed by atoms with E-state index in [1.54, 1.807) is 0 Å². The van der Waals surface area contributed by atoms with Gasteiger partial charge in [-0.2, -0.15) is 0 Å². The normalized spacial score (nSPS) is 13.8. The van der Waals surface area contributed by atoms with Crippen molar-refractivity contribution in [1.82, 2.24) is 0 Å². The molecule has 50 heavy (non-hydrogen) atoms. The van der Waals surface area contributed by atoms with E-state index in [4.69, 9.17) is 18.5 Å². The molecule has 0 N–H and O–H groups in total. The lowest BCUT2D eigenvalue weighted by Crippen LogP contribution is -2.37. The molecule has 0 aliphatic rings. The molecule has 0 amide bonds. The topological polar surface area (TPSA) is 111 Å². The number of unbranched alkanes of at least 4 members (excludes halogenated alkanes) is 21. The van der Waals surface area contributed by atoms with Crippen molar-refractivity contribution in [2.75, 3.05) is 47.5 Å². The maximum absolute atomic E-state index is 12.6. The second-order valence-corrected chi connectivity index (χ2v) is 16.4. The summed E-state index contributed by atoms with van der Waals surface area (Å²) in [5, 5.41) is 0. The Morgan fingerprint density at radius 1 is 0.600 bits per heavy atom. The molecule has 2 atom stereocenters. The van der Waals surface area contributed by atoms with Gasteiger partial charge in [0.15, 0.2) is 6.10 Å². The van der Waals surface area contributed by atoms with Gasteiger partial charge in [0.05, 0.1) is 27.7 Å². The molecule has 296 valence electrons. The lowest BCUT2D eigenvalue weighted by molar-refractivity contribution is -0.870. The maximum Gasteiger partial charge on any atom is 0.306 e. The predicted molar refractivity (Wildman–Crippen MR) is 204 cm³/mol. The van der Waals surface area contributed by atoms with Crippen LogP contribution in [-0.4, -0.2) is 70.0 Å². The summed E-state index contributed by atoms with van der Waals surface area (Å²) in [6.07, 6.45) is 32.3. The van der Waals surface area contributed by atoms with Crippen LogP contribution in [-0.2, 0) is 32.7 Å². The van der Waals surface area contributed by atoms with Crippen LogP contribution < -0.4 is 4.89 Å². The van der Waals surface area contributed by atoms with E-state index in [9.17, 15) is 19.0 Å². The number of hydrogen-bond donors (Lipinski definition) is 0. The number of rotatable bonds is 37. The standard InChI is InChI=1S/C40H78NO8P/c1-6-8-10-12-14-16-18-20-21-23-25-27-29-31-33-40(43)49-38(37-48-50(44,45)47-35-34-41(3,4)5)36-46-39(42)32-30-28-26-24-22-19-17-15-13-11-9-7-2/h18,20,38H,6-17,19,21-37H2,1-5H3/b20-18-/t38-/m1/s1. The Hall–Kier alpha value is -1.25. The van der Waals surface area contributed by atoms with Crippen molar-refractivity contribution in [2.24, 2.45) is 0 Å². The number of esters is 2. The van der Waals surface area contributed by atoms with Gasteiger partial charge < -0.3 is 27.9 Å². The highest BCUT2D eigenvalue weighted by atomic mass is 31.2. The van der Waals surface area contributed by atoms with Crippen molar-refractivity contribution >= 4 is 19.8 Å². The molecule has 0 saturated heterocycles. The van der Waals surface area contributed by atoms with Gasteiger partial charge in [-0.25, -0.2) is 0 Å². The fourth-order valence-electron chi connectivity index (χ4n) is 5.53. The van der Waals surface area contributed by atoms with E-state index < -0.39 is 26.5 Å². The van der Waals surface area contributed by atoms with E-state index in [0.29, 0.717) is 17.4 Å². The summed E-state index contributed by atoms with van der Waals surface area (Å²) in [5.74, 6) is -0.839. The largest absolute Gasteiger partial charge is 0.756 e. The summed E-state index contributed by atoms with van der Waals surface area (Å²) in [7, 11) is 1.17. The molecule has 0 aliphatic carbocycles. The minimum atomic E-state index is -4.61. The van der Waals surface area contributed by atoms with Gasteiger partial charge in [0, 0.05) is 12.8 Å². The molecule has 0 heterocycles. The maximum atomic E-state index is 12.6. The second kappa shape index (κ2) is 33.6. The molecule has 0 bridgehead atoms. The number of phosphoric ester groups is 1. The number of carbonyl (C=O) groups is 2. The van der Waals surface area contributed by atoms with Crippen molar-refractivity contribution in [3.8, 4) is 0 Å². The fraction of sp³-hybridized carbons (Fsp3) is 0.900. The summed E-state index contributed by atoms with van der Waals surface area (Å²) >= 11 is 0. The molecule has 0 fully saturated rings. The van der Waals surface area contributed by atoms with Gasteiger partial charge in [0.1, 0.15) is 19.8 Å². The van der Waals surface area contributed by atoms with Crippen LogP contribution in [0, 0.1) is 0 Å². The number of allylic oxidation sites excluding steroid dienone is 2. The van der Waals surface area contributed by atoms with Gasteiger partial charge in [-0.1, -0.05) is 142 Å². The fourth-order valence-corrected chi connectivity index (χ4v) is 6.26. The van der Waals surface area contributed by atoms with Crippen molar-refractivity contribution < 1.29 is 42.1 Å². The van der Waals surface area contributed by atoms with Crippen LogP contribution in [0.4, 0.5) is 0 Å². The van der Waals surface area contributed by atoms with Gasteiger partial charge >= 0.3 is 11.9 Å². The number of carbonyl (C=O) groups excluding carboxylic acids is 2. The summed E-state index contributed by atoms with van der Waals surface area (Å²) in [4.78, 5) is 37.4. The summed E-state index contributed by atoms with van der Waals surface area (Å²) < 4.78 is 33.8.